The van der Waals surface area contributed by atoms with Gasteiger partial charge in [-0.05, 0) is 46.8 Å². The number of carbonyl (C=O) groups excluding carboxylic acids is 1. The predicted molar refractivity (Wildman–Crippen MR) is 85.5 cm³/mol. The summed E-state index contributed by atoms with van der Waals surface area (Å²) in [4.78, 5) is 11.9. The van der Waals surface area contributed by atoms with Crippen LogP contribution in [0.5, 0.6) is 0 Å². The zero-order chi connectivity index (χ0) is 16.4. The van der Waals surface area contributed by atoms with Crippen molar-refractivity contribution in [2.45, 2.75) is 45.8 Å². The molecule has 1 amide bonds. The van der Waals surface area contributed by atoms with Crippen molar-refractivity contribution in [3.05, 3.63) is 47.4 Å². The van der Waals surface area contributed by atoms with Crippen LogP contribution in [0.2, 0.25) is 0 Å². The lowest BCUT2D eigenvalue weighted by Crippen LogP contribution is -2.41. The summed E-state index contributed by atoms with van der Waals surface area (Å²) in [5.41, 5.74) is 3.28. The number of carbonyl (C=O) groups is 1. The van der Waals surface area contributed by atoms with E-state index in [1.165, 1.54) is 6.21 Å². The maximum absolute atomic E-state index is 11.9. The Labute approximate surface area is 131 Å². The molecule has 0 spiro atoms. The highest BCUT2D eigenvalue weighted by Crippen LogP contribution is 2.39. The Morgan fingerprint density at radius 1 is 1.09 bits per heavy atom. The minimum atomic E-state index is -0.419. The van der Waals surface area contributed by atoms with Crippen LogP contribution in [0, 0.1) is 6.92 Å². The third kappa shape index (κ3) is 3.47. The van der Waals surface area contributed by atoms with Gasteiger partial charge in [0.1, 0.15) is 11.2 Å². The smallest absolute Gasteiger partial charge is 0.282 e. The highest BCUT2D eigenvalue weighted by Gasteiger charge is 2.48. The molecule has 22 heavy (non-hydrogen) atoms. The van der Waals surface area contributed by atoms with Gasteiger partial charge in [-0.25, -0.2) is 5.43 Å². The van der Waals surface area contributed by atoms with Crippen molar-refractivity contribution in [1.29, 1.82) is 0 Å². The molecular weight excluding hydrogens is 280 g/mol. The number of hydrogen-bond donors (Lipinski definition) is 1. The Kier molecular flexibility index (Phi) is 4.26. The molecule has 5 heteroatoms. The molecule has 2 rings (SSSR count). The highest BCUT2D eigenvalue weighted by atomic mass is 16.7. The maximum Gasteiger partial charge on any atom is 0.282 e. The zero-order valence-corrected chi connectivity index (χ0v) is 13.6. The van der Waals surface area contributed by atoms with Crippen molar-refractivity contribution in [2.75, 3.05) is 0 Å². The maximum atomic E-state index is 11.9. The molecule has 0 saturated carbocycles. The summed E-state index contributed by atoms with van der Waals surface area (Å²) in [6.45, 7) is 9.82. The minimum absolute atomic E-state index is 0.261. The van der Waals surface area contributed by atoms with Gasteiger partial charge < -0.3 is 9.47 Å². The molecule has 118 valence electrons. The number of benzene rings is 1. The zero-order valence-electron chi connectivity index (χ0n) is 13.6. The summed E-state index contributed by atoms with van der Waals surface area (Å²) in [5, 5.41) is 3.87. The molecule has 5 nitrogen and oxygen atoms in total. The fraction of sp³-hybridized carbons (Fsp3) is 0.412. The van der Waals surface area contributed by atoms with E-state index in [1.807, 2.05) is 46.8 Å². The molecule has 1 aliphatic heterocycles. The Hall–Kier alpha value is -2.30. The molecule has 0 aromatic heterocycles. The van der Waals surface area contributed by atoms with Crippen molar-refractivity contribution in [2.24, 2.45) is 5.10 Å². The Morgan fingerprint density at radius 2 is 1.64 bits per heavy atom. The second-order valence-corrected chi connectivity index (χ2v) is 6.30. The summed E-state index contributed by atoms with van der Waals surface area (Å²) in [6.07, 6.45) is 3.03. The molecule has 0 atom stereocenters. The van der Waals surface area contributed by atoms with Crippen molar-refractivity contribution in [3.63, 3.8) is 0 Å². The molecule has 0 unspecified atom stereocenters. The average molecular weight is 302 g/mol. The highest BCUT2D eigenvalue weighted by molar-refractivity contribution is 5.94. The topological polar surface area (TPSA) is 59.9 Å². The fourth-order valence-corrected chi connectivity index (χ4v) is 1.80. The van der Waals surface area contributed by atoms with E-state index in [-0.39, 0.29) is 5.91 Å². The first-order chi connectivity index (χ1) is 10.2. The number of nitrogens with one attached hydrogen (secondary N) is 1. The molecule has 0 aliphatic carbocycles. The molecular formula is C17H22N2O3. The van der Waals surface area contributed by atoms with E-state index in [1.54, 1.807) is 18.2 Å². The van der Waals surface area contributed by atoms with E-state index >= 15 is 0 Å². The first kappa shape index (κ1) is 16.1. The van der Waals surface area contributed by atoms with Gasteiger partial charge in [0.2, 0.25) is 0 Å². The van der Waals surface area contributed by atoms with Gasteiger partial charge in [0.05, 0.1) is 6.21 Å². The average Bonchev–Trinajstić information content (AvgIpc) is 2.63. The first-order valence-electron chi connectivity index (χ1n) is 7.20. The number of hydrogen-bond acceptors (Lipinski definition) is 4. The second-order valence-electron chi connectivity index (χ2n) is 6.30. The van der Waals surface area contributed by atoms with Gasteiger partial charge in [-0.15, -0.1) is 0 Å². The van der Waals surface area contributed by atoms with Gasteiger partial charge in [0.15, 0.2) is 0 Å². The van der Waals surface area contributed by atoms with E-state index in [4.69, 9.17) is 9.47 Å². The van der Waals surface area contributed by atoms with Crippen LogP contribution in [0.4, 0.5) is 0 Å². The molecule has 1 aromatic rings. The van der Waals surface area contributed by atoms with Gasteiger partial charge in [0.25, 0.3) is 11.9 Å². The number of hydrazone groups is 1. The van der Waals surface area contributed by atoms with Gasteiger partial charge in [-0.3, -0.25) is 4.79 Å². The molecule has 1 fully saturated rings. The number of aryl methyl sites for hydroxylation is 1. The summed E-state index contributed by atoms with van der Waals surface area (Å²) in [6, 6.07) is 7.27. The second kappa shape index (κ2) is 5.83. The lowest BCUT2D eigenvalue weighted by atomic mass is 9.90. The van der Waals surface area contributed by atoms with E-state index in [2.05, 4.69) is 10.5 Å². The van der Waals surface area contributed by atoms with Crippen LogP contribution in [0.25, 0.3) is 0 Å². The first-order valence-corrected chi connectivity index (χ1v) is 7.20. The minimum Gasteiger partial charge on any atom is -0.455 e. The quantitative estimate of drug-likeness (QED) is 0.689. The summed E-state index contributed by atoms with van der Waals surface area (Å²) in [5.74, 6) is 0.131. The van der Waals surface area contributed by atoms with Crippen molar-refractivity contribution in [1.82, 2.24) is 5.43 Å². The molecule has 1 aromatic carbocycles. The van der Waals surface area contributed by atoms with Crippen molar-refractivity contribution < 1.29 is 14.3 Å². The third-order valence-electron chi connectivity index (χ3n) is 3.93. The Morgan fingerprint density at radius 3 is 2.18 bits per heavy atom. The molecule has 1 aliphatic rings. The Balaban J connectivity index is 1.93. The molecule has 1 heterocycles. The molecule has 1 saturated heterocycles. The van der Waals surface area contributed by atoms with E-state index < -0.39 is 11.2 Å². The Bertz CT molecular complexity index is 595. The van der Waals surface area contributed by atoms with Crippen LogP contribution in [-0.4, -0.2) is 23.3 Å². The lowest BCUT2D eigenvalue weighted by molar-refractivity contribution is 0.00578. The van der Waals surface area contributed by atoms with Gasteiger partial charge in [-0.2, -0.15) is 5.10 Å². The number of ether oxygens (including phenoxy) is 2. The van der Waals surface area contributed by atoms with Crippen LogP contribution in [0.1, 0.15) is 43.6 Å². The SMILES string of the molecule is Cc1ccc(C(=O)NN=CC=C2OC(C)(C)C(C)(C)O2)cc1. The monoisotopic (exact) mass is 302 g/mol. The van der Waals surface area contributed by atoms with Crippen molar-refractivity contribution in [3.8, 4) is 0 Å². The van der Waals surface area contributed by atoms with Crippen LogP contribution >= 0.6 is 0 Å². The number of nitrogens with zero attached hydrogens (tertiary/aromatic N) is 1. The summed E-state index contributed by atoms with van der Waals surface area (Å²) in [7, 11) is 0. The van der Waals surface area contributed by atoms with Crippen molar-refractivity contribution >= 4 is 12.1 Å². The summed E-state index contributed by atoms with van der Waals surface area (Å²) >= 11 is 0. The van der Waals surface area contributed by atoms with Gasteiger partial charge >= 0.3 is 0 Å². The largest absolute Gasteiger partial charge is 0.455 e. The molecule has 0 bridgehead atoms. The van der Waals surface area contributed by atoms with E-state index in [9.17, 15) is 4.79 Å². The summed E-state index contributed by atoms with van der Waals surface area (Å²) < 4.78 is 11.4. The predicted octanol–water partition coefficient (Wildman–Crippen LogP) is 3.16. The standard InChI is InChI=1S/C17H22N2O3/c1-12-6-8-13(9-7-12)15(20)19-18-11-10-14-21-16(2,3)17(4,5)22-14/h6-11H,1-5H3,(H,19,20). The third-order valence-corrected chi connectivity index (χ3v) is 3.93. The number of amides is 1. The fourth-order valence-electron chi connectivity index (χ4n) is 1.80. The van der Waals surface area contributed by atoms with Gasteiger partial charge in [0, 0.05) is 11.6 Å². The number of rotatable bonds is 3. The normalized spacial score (nSPS) is 18.7. The molecule has 0 radical (unpaired) electrons. The van der Waals surface area contributed by atoms with Gasteiger partial charge in [-0.1, -0.05) is 17.7 Å². The van der Waals surface area contributed by atoms with Crippen LogP contribution in [0.3, 0.4) is 0 Å². The van der Waals surface area contributed by atoms with Crippen LogP contribution in [-0.2, 0) is 9.47 Å². The van der Waals surface area contributed by atoms with Crippen LogP contribution < -0.4 is 5.43 Å². The lowest BCUT2D eigenvalue weighted by Gasteiger charge is -2.28. The number of allylic oxidation sites excluding steroid dienone is 1. The van der Waals surface area contributed by atoms with E-state index in [0.29, 0.717) is 11.5 Å². The molecule has 1 N–H and O–H groups in total. The van der Waals surface area contributed by atoms with E-state index in [0.717, 1.165) is 5.56 Å². The van der Waals surface area contributed by atoms with Crippen LogP contribution in [0.15, 0.2) is 41.4 Å².